The predicted molar refractivity (Wildman–Crippen MR) is 126 cm³/mol. The quantitative estimate of drug-likeness (QED) is 0.245. The molecule has 1 aromatic heterocycles. The van der Waals surface area contributed by atoms with Crippen LogP contribution in [0.2, 0.25) is 0 Å². The fourth-order valence-electron chi connectivity index (χ4n) is 3.19. The predicted octanol–water partition coefficient (Wildman–Crippen LogP) is 4.85. The molecule has 0 saturated heterocycles. The lowest BCUT2D eigenvalue weighted by Gasteiger charge is -2.10. The van der Waals surface area contributed by atoms with E-state index in [-0.39, 0.29) is 23.6 Å². The average molecular weight is 465 g/mol. The van der Waals surface area contributed by atoms with Gasteiger partial charge < -0.3 is 19.5 Å². The van der Waals surface area contributed by atoms with Gasteiger partial charge in [-0.15, -0.1) is 0 Å². The second kappa shape index (κ2) is 17.9. The van der Waals surface area contributed by atoms with E-state index in [1.54, 1.807) is 0 Å². The average Bonchev–Trinajstić information content (AvgIpc) is 2.83. The summed E-state index contributed by atoms with van der Waals surface area (Å²) in [5.41, 5.74) is 0.188. The van der Waals surface area contributed by atoms with Gasteiger partial charge in [-0.05, 0) is 18.9 Å². The number of amides is 1. The minimum atomic E-state index is -0.584. The third kappa shape index (κ3) is 12.2. The van der Waals surface area contributed by atoms with Gasteiger partial charge in [-0.2, -0.15) is 0 Å². The van der Waals surface area contributed by atoms with Crippen molar-refractivity contribution in [2.24, 2.45) is 0 Å². The van der Waals surface area contributed by atoms with Crippen LogP contribution >= 0.6 is 0 Å². The first kappa shape index (κ1) is 28.4. The molecule has 0 aliphatic carbocycles. The molecule has 1 amide bonds. The number of esters is 2. The summed E-state index contributed by atoms with van der Waals surface area (Å²) in [6.07, 6.45) is 13.2. The summed E-state index contributed by atoms with van der Waals surface area (Å²) in [5.74, 6) is -1.47. The highest BCUT2D eigenvalue weighted by Gasteiger charge is 2.19. The summed E-state index contributed by atoms with van der Waals surface area (Å²) >= 11 is 0. The number of rotatable bonds is 18. The van der Waals surface area contributed by atoms with Crippen LogP contribution in [0.3, 0.4) is 0 Å². The summed E-state index contributed by atoms with van der Waals surface area (Å²) in [4.78, 5) is 40.5. The molecule has 8 heteroatoms. The van der Waals surface area contributed by atoms with Crippen molar-refractivity contribution in [2.45, 2.75) is 84.5 Å². The van der Waals surface area contributed by atoms with Gasteiger partial charge in [0.25, 0.3) is 5.91 Å². The van der Waals surface area contributed by atoms with Crippen molar-refractivity contribution >= 4 is 17.8 Å². The number of ether oxygens (including phenoxy) is 3. The monoisotopic (exact) mass is 464 g/mol. The Morgan fingerprint density at radius 1 is 0.848 bits per heavy atom. The van der Waals surface area contributed by atoms with Crippen LogP contribution in [0.15, 0.2) is 12.3 Å². The maximum absolute atomic E-state index is 12.4. The zero-order valence-corrected chi connectivity index (χ0v) is 20.5. The Kier molecular flexibility index (Phi) is 15.4. The van der Waals surface area contributed by atoms with Gasteiger partial charge in [0.2, 0.25) is 0 Å². The Labute approximate surface area is 197 Å². The maximum atomic E-state index is 12.4. The first-order valence-electron chi connectivity index (χ1n) is 12.2. The fraction of sp³-hybridized carbons (Fsp3) is 0.680. The van der Waals surface area contributed by atoms with E-state index in [0.717, 1.165) is 44.9 Å². The van der Waals surface area contributed by atoms with Crippen molar-refractivity contribution in [1.82, 2.24) is 10.3 Å². The molecule has 0 atom stereocenters. The molecule has 0 fully saturated rings. The molecule has 8 nitrogen and oxygen atoms in total. The molecule has 0 bridgehead atoms. The molecule has 1 rings (SSSR count). The number of carbonyl (C=O) groups excluding carboxylic acids is 3. The van der Waals surface area contributed by atoms with Crippen molar-refractivity contribution < 1.29 is 28.6 Å². The van der Waals surface area contributed by atoms with Gasteiger partial charge in [-0.3, -0.25) is 9.59 Å². The third-order valence-electron chi connectivity index (χ3n) is 5.16. The molecule has 0 aromatic carbocycles. The Balaban J connectivity index is 2.41. The van der Waals surface area contributed by atoms with Gasteiger partial charge in [0.1, 0.15) is 6.54 Å². The van der Waals surface area contributed by atoms with E-state index in [1.807, 2.05) is 0 Å². The van der Waals surface area contributed by atoms with E-state index < -0.39 is 17.8 Å². The normalized spacial score (nSPS) is 10.5. The number of nitrogens with zero attached hydrogens (tertiary/aromatic N) is 1. The largest absolute Gasteiger partial charge is 0.494 e. The number of hydrogen-bond acceptors (Lipinski definition) is 7. The van der Waals surface area contributed by atoms with Crippen LogP contribution < -0.4 is 10.1 Å². The number of aromatic nitrogens is 1. The molecular weight excluding hydrogens is 424 g/mol. The SMILES string of the molecule is CCCCCCCCOC(=O)CNC(=O)c1ncc(C(=O)OCCCCCCC)cc1OC. The fourth-order valence-corrected chi connectivity index (χ4v) is 3.19. The second-order valence-electron chi connectivity index (χ2n) is 8.00. The van der Waals surface area contributed by atoms with E-state index >= 15 is 0 Å². The molecular formula is C25H40N2O6. The highest BCUT2D eigenvalue weighted by atomic mass is 16.5. The number of hydrogen-bond donors (Lipinski definition) is 1. The molecule has 0 saturated carbocycles. The van der Waals surface area contributed by atoms with E-state index in [0.29, 0.717) is 13.2 Å². The van der Waals surface area contributed by atoms with Gasteiger partial charge in [-0.1, -0.05) is 71.6 Å². The molecule has 33 heavy (non-hydrogen) atoms. The molecule has 186 valence electrons. The zero-order valence-electron chi connectivity index (χ0n) is 20.5. The lowest BCUT2D eigenvalue weighted by molar-refractivity contribution is -0.142. The first-order valence-corrected chi connectivity index (χ1v) is 12.2. The molecule has 1 N–H and O–H groups in total. The number of methoxy groups -OCH3 is 1. The number of nitrogens with one attached hydrogen (secondary N) is 1. The van der Waals surface area contributed by atoms with Crippen LogP contribution in [0, 0.1) is 0 Å². The summed E-state index contributed by atoms with van der Waals surface area (Å²) in [6.45, 7) is 4.74. The van der Waals surface area contributed by atoms with Crippen molar-refractivity contribution in [3.63, 3.8) is 0 Å². The van der Waals surface area contributed by atoms with Gasteiger partial charge in [0, 0.05) is 6.20 Å². The highest BCUT2D eigenvalue weighted by molar-refractivity contribution is 5.98. The smallest absolute Gasteiger partial charge is 0.339 e. The van der Waals surface area contributed by atoms with Crippen molar-refractivity contribution in [3.8, 4) is 5.75 Å². The molecule has 0 aliphatic rings. The van der Waals surface area contributed by atoms with E-state index in [2.05, 4.69) is 24.1 Å². The Bertz CT molecular complexity index is 723. The van der Waals surface area contributed by atoms with E-state index in [9.17, 15) is 14.4 Å². The number of pyridine rings is 1. The summed E-state index contributed by atoms with van der Waals surface area (Å²) in [7, 11) is 1.38. The lowest BCUT2D eigenvalue weighted by Crippen LogP contribution is -2.31. The minimum absolute atomic E-state index is 0.0164. The molecule has 0 spiro atoms. The third-order valence-corrected chi connectivity index (χ3v) is 5.16. The zero-order chi connectivity index (χ0) is 24.3. The Hall–Kier alpha value is -2.64. The van der Waals surface area contributed by atoms with E-state index in [4.69, 9.17) is 14.2 Å². The van der Waals surface area contributed by atoms with Crippen LogP contribution in [-0.4, -0.2) is 49.7 Å². The van der Waals surface area contributed by atoms with E-state index in [1.165, 1.54) is 45.1 Å². The molecule has 1 heterocycles. The van der Waals surface area contributed by atoms with Crippen LogP contribution in [0.4, 0.5) is 0 Å². The topological polar surface area (TPSA) is 104 Å². The van der Waals surface area contributed by atoms with Gasteiger partial charge in [0.15, 0.2) is 11.4 Å². The van der Waals surface area contributed by atoms with Crippen LogP contribution in [0.25, 0.3) is 0 Å². The van der Waals surface area contributed by atoms with Crippen LogP contribution in [0.1, 0.15) is 105 Å². The van der Waals surface area contributed by atoms with Crippen LogP contribution in [-0.2, 0) is 14.3 Å². The lowest BCUT2D eigenvalue weighted by atomic mass is 10.1. The van der Waals surface area contributed by atoms with Gasteiger partial charge in [-0.25, -0.2) is 9.78 Å². The van der Waals surface area contributed by atoms with Gasteiger partial charge >= 0.3 is 11.9 Å². The highest BCUT2D eigenvalue weighted by Crippen LogP contribution is 2.18. The summed E-state index contributed by atoms with van der Waals surface area (Å²) < 4.78 is 15.6. The Morgan fingerprint density at radius 3 is 2.03 bits per heavy atom. The molecule has 0 aliphatic heterocycles. The second-order valence-corrected chi connectivity index (χ2v) is 8.00. The summed E-state index contributed by atoms with van der Waals surface area (Å²) in [6, 6.07) is 1.41. The number of unbranched alkanes of at least 4 members (excludes halogenated alkanes) is 9. The van der Waals surface area contributed by atoms with Crippen molar-refractivity contribution in [1.29, 1.82) is 0 Å². The van der Waals surface area contributed by atoms with Crippen LogP contribution in [0.5, 0.6) is 5.75 Å². The van der Waals surface area contributed by atoms with Crippen molar-refractivity contribution in [3.05, 3.63) is 23.5 Å². The summed E-state index contributed by atoms with van der Waals surface area (Å²) in [5, 5.41) is 2.48. The first-order chi connectivity index (χ1) is 16.0. The Morgan fingerprint density at radius 2 is 1.42 bits per heavy atom. The maximum Gasteiger partial charge on any atom is 0.339 e. The standard InChI is InChI=1S/C25H40N2O6/c1-4-6-8-10-12-13-15-32-22(28)19-27-24(29)23-21(31-3)17-20(18-26-23)25(30)33-16-14-11-9-7-5-2/h17-18H,4-16,19H2,1-3H3,(H,27,29). The molecule has 0 unspecified atom stereocenters. The molecule has 1 aromatic rings. The van der Waals surface area contributed by atoms with Crippen molar-refractivity contribution in [2.75, 3.05) is 26.9 Å². The minimum Gasteiger partial charge on any atom is -0.494 e. The molecule has 0 radical (unpaired) electrons. The number of carbonyl (C=O) groups is 3. The van der Waals surface area contributed by atoms with Gasteiger partial charge in [0.05, 0.1) is 25.9 Å².